The monoisotopic (exact) mass is 610 g/mol. The molecule has 47 heavy (non-hydrogen) atoms. The molecule has 232 valence electrons. The summed E-state index contributed by atoms with van der Waals surface area (Å²) in [4.78, 5) is 0. The molecule has 0 fully saturated rings. The first-order valence-electron chi connectivity index (χ1n) is 16.8. The maximum Gasteiger partial charge on any atom is 0.0541 e. The molecular formula is C45H42N2. The average Bonchev–Trinajstić information content (AvgIpc) is 3.56. The van der Waals surface area contributed by atoms with E-state index in [1.54, 1.807) is 0 Å². The van der Waals surface area contributed by atoms with Gasteiger partial charge in [-0.3, -0.25) is 0 Å². The molecule has 0 radical (unpaired) electrons. The van der Waals surface area contributed by atoms with E-state index in [4.69, 9.17) is 0 Å². The van der Waals surface area contributed by atoms with Gasteiger partial charge in [-0.2, -0.15) is 0 Å². The quantitative estimate of drug-likeness (QED) is 0.188. The first-order chi connectivity index (χ1) is 22.5. The van der Waals surface area contributed by atoms with Crippen molar-refractivity contribution >= 4 is 43.6 Å². The molecular weight excluding hydrogens is 569 g/mol. The van der Waals surface area contributed by atoms with E-state index in [2.05, 4.69) is 185 Å². The van der Waals surface area contributed by atoms with Gasteiger partial charge in [-0.15, -0.1) is 0 Å². The lowest BCUT2D eigenvalue weighted by Gasteiger charge is -2.19. The molecule has 0 bridgehead atoms. The molecule has 0 spiro atoms. The summed E-state index contributed by atoms with van der Waals surface area (Å²) >= 11 is 0. The highest BCUT2D eigenvalue weighted by Crippen LogP contribution is 2.40. The molecule has 0 saturated carbocycles. The first-order valence-corrected chi connectivity index (χ1v) is 16.8. The van der Waals surface area contributed by atoms with Crippen LogP contribution in [0.2, 0.25) is 0 Å². The van der Waals surface area contributed by atoms with E-state index in [9.17, 15) is 0 Å². The van der Waals surface area contributed by atoms with Crippen molar-refractivity contribution in [2.24, 2.45) is 0 Å². The van der Waals surface area contributed by atoms with Crippen LogP contribution in [0.4, 0.5) is 0 Å². The highest BCUT2D eigenvalue weighted by Gasteiger charge is 2.22. The summed E-state index contributed by atoms with van der Waals surface area (Å²) in [6, 6.07) is 47.4. The third kappa shape index (κ3) is 4.69. The number of aryl methyl sites for hydroxylation is 1. The van der Waals surface area contributed by atoms with Crippen molar-refractivity contribution in [3.05, 3.63) is 144 Å². The van der Waals surface area contributed by atoms with Crippen LogP contribution >= 0.6 is 0 Å². The second-order valence-electron chi connectivity index (χ2n) is 15.2. The van der Waals surface area contributed by atoms with Gasteiger partial charge in [0, 0.05) is 32.8 Å². The third-order valence-electron chi connectivity index (χ3n) is 9.97. The van der Waals surface area contributed by atoms with Crippen LogP contribution in [-0.4, -0.2) is 9.13 Å². The van der Waals surface area contributed by atoms with Crippen LogP contribution in [0.1, 0.15) is 58.2 Å². The molecule has 0 aliphatic heterocycles. The highest BCUT2D eigenvalue weighted by molar-refractivity contribution is 6.11. The summed E-state index contributed by atoms with van der Waals surface area (Å²) in [6.07, 6.45) is 0. The molecule has 0 atom stereocenters. The topological polar surface area (TPSA) is 9.86 Å². The molecule has 0 N–H and O–H groups in total. The number of aromatic nitrogens is 2. The highest BCUT2D eigenvalue weighted by atomic mass is 15.0. The van der Waals surface area contributed by atoms with Crippen LogP contribution in [0.25, 0.3) is 66.1 Å². The third-order valence-corrected chi connectivity index (χ3v) is 9.97. The van der Waals surface area contributed by atoms with E-state index in [0.29, 0.717) is 0 Å². The summed E-state index contributed by atoms with van der Waals surface area (Å²) in [6.45, 7) is 16.1. The van der Waals surface area contributed by atoms with E-state index in [0.717, 1.165) is 0 Å². The number of nitrogens with zero attached hydrogens (tertiary/aromatic N) is 2. The Morgan fingerprint density at radius 3 is 1.40 bits per heavy atom. The zero-order valence-electron chi connectivity index (χ0n) is 28.5. The van der Waals surface area contributed by atoms with Crippen molar-refractivity contribution in [1.82, 2.24) is 9.13 Å². The smallest absolute Gasteiger partial charge is 0.0541 e. The molecule has 0 aliphatic rings. The van der Waals surface area contributed by atoms with Crippen LogP contribution in [0, 0.1) is 6.92 Å². The summed E-state index contributed by atoms with van der Waals surface area (Å²) < 4.78 is 4.90. The Bertz CT molecular complexity index is 2360. The number of fused-ring (bicyclic) bond motifs is 6. The van der Waals surface area contributed by atoms with E-state index in [-0.39, 0.29) is 10.8 Å². The van der Waals surface area contributed by atoms with Gasteiger partial charge >= 0.3 is 0 Å². The molecule has 2 aromatic heterocycles. The van der Waals surface area contributed by atoms with Crippen LogP contribution in [0.15, 0.2) is 127 Å². The van der Waals surface area contributed by atoms with Crippen LogP contribution in [0.3, 0.4) is 0 Å². The minimum Gasteiger partial charge on any atom is -0.309 e. The lowest BCUT2D eigenvalue weighted by Crippen LogP contribution is -2.10. The van der Waals surface area contributed by atoms with Crippen LogP contribution < -0.4 is 0 Å². The van der Waals surface area contributed by atoms with Crippen molar-refractivity contribution in [2.75, 3.05) is 0 Å². The Morgan fingerprint density at radius 1 is 0.404 bits per heavy atom. The molecule has 0 unspecified atom stereocenters. The van der Waals surface area contributed by atoms with E-state index in [1.165, 1.54) is 82.8 Å². The van der Waals surface area contributed by atoms with Gasteiger partial charge in [0.15, 0.2) is 0 Å². The second-order valence-corrected chi connectivity index (χ2v) is 15.2. The Hall–Kier alpha value is -5.08. The van der Waals surface area contributed by atoms with Gasteiger partial charge in [0.2, 0.25) is 0 Å². The predicted octanol–water partition coefficient (Wildman–Crippen LogP) is 12.5. The minimum absolute atomic E-state index is 0.0750. The van der Waals surface area contributed by atoms with Gasteiger partial charge in [-0.1, -0.05) is 114 Å². The molecule has 6 aromatic carbocycles. The van der Waals surface area contributed by atoms with Gasteiger partial charge in [-0.25, -0.2) is 0 Å². The summed E-state index contributed by atoms with van der Waals surface area (Å²) in [5, 5.41) is 5.19. The molecule has 2 heteroatoms. The SMILES string of the molecule is Cc1cc(-c2ccccc2-n2c3ccccc3c3ccccc32)ccc1-n1c2ccc(C(C)(C)C)cc2c2cc(C(C)(C)C)ccc21. The Morgan fingerprint density at radius 2 is 0.872 bits per heavy atom. The van der Waals surface area contributed by atoms with Gasteiger partial charge in [0.25, 0.3) is 0 Å². The average molecular weight is 611 g/mol. The molecule has 0 aliphatic carbocycles. The molecule has 8 rings (SSSR count). The van der Waals surface area contributed by atoms with E-state index in [1.807, 2.05) is 0 Å². The van der Waals surface area contributed by atoms with E-state index < -0.39 is 0 Å². The number of para-hydroxylation sites is 3. The van der Waals surface area contributed by atoms with Crippen LogP contribution in [0.5, 0.6) is 0 Å². The van der Waals surface area contributed by atoms with Crippen molar-refractivity contribution in [3.63, 3.8) is 0 Å². The van der Waals surface area contributed by atoms with Crippen molar-refractivity contribution in [3.8, 4) is 22.5 Å². The van der Waals surface area contributed by atoms with Gasteiger partial charge in [0.05, 0.1) is 27.8 Å². The number of benzene rings is 6. The maximum absolute atomic E-state index is 2.47. The summed E-state index contributed by atoms with van der Waals surface area (Å²) in [7, 11) is 0. The minimum atomic E-state index is 0.0750. The largest absolute Gasteiger partial charge is 0.309 e. The zero-order valence-corrected chi connectivity index (χ0v) is 28.5. The van der Waals surface area contributed by atoms with Crippen molar-refractivity contribution in [1.29, 1.82) is 0 Å². The molecule has 8 aromatic rings. The lowest BCUT2D eigenvalue weighted by molar-refractivity contribution is 0.590. The Kier molecular flexibility index (Phi) is 6.53. The fourth-order valence-electron chi connectivity index (χ4n) is 7.38. The molecule has 0 amide bonds. The molecule has 2 nitrogen and oxygen atoms in total. The van der Waals surface area contributed by atoms with Crippen LogP contribution in [-0.2, 0) is 10.8 Å². The summed E-state index contributed by atoms with van der Waals surface area (Å²) in [5.41, 5.74) is 13.9. The van der Waals surface area contributed by atoms with Gasteiger partial charge in [-0.05, 0) is 94.6 Å². The maximum atomic E-state index is 2.47. The number of hydrogen-bond donors (Lipinski definition) is 0. The van der Waals surface area contributed by atoms with Gasteiger partial charge < -0.3 is 9.13 Å². The molecule has 2 heterocycles. The standard InChI is InChI=1S/C45H42N2/c1-29-26-30(33-14-8-11-17-39(33)47-40-18-12-9-15-34(40)35-16-10-13-19-41(35)47)20-23-38(29)46-42-24-21-31(44(2,3)4)27-36(42)37-28-32(45(5,6)7)22-25-43(37)46/h8-28H,1-7H3. The van der Waals surface area contributed by atoms with Gasteiger partial charge in [0.1, 0.15) is 0 Å². The van der Waals surface area contributed by atoms with E-state index >= 15 is 0 Å². The number of hydrogen-bond acceptors (Lipinski definition) is 0. The first kappa shape index (κ1) is 29.3. The predicted molar refractivity (Wildman–Crippen MR) is 203 cm³/mol. The Balaban J connectivity index is 1.33. The van der Waals surface area contributed by atoms with Crippen molar-refractivity contribution < 1.29 is 0 Å². The Labute approximate surface area is 277 Å². The fraction of sp³-hybridized carbons (Fsp3) is 0.200. The second kappa shape index (κ2) is 10.5. The zero-order chi connectivity index (χ0) is 32.7. The fourth-order valence-corrected chi connectivity index (χ4v) is 7.38. The molecule has 0 saturated heterocycles. The van der Waals surface area contributed by atoms with Crippen molar-refractivity contribution in [2.45, 2.75) is 59.3 Å². The normalized spacial score (nSPS) is 12.6. The summed E-state index contributed by atoms with van der Waals surface area (Å²) in [5.74, 6) is 0. The number of rotatable bonds is 3. The lowest BCUT2D eigenvalue weighted by atomic mass is 9.85.